The van der Waals surface area contributed by atoms with E-state index in [2.05, 4.69) is 21.0 Å². The average Bonchev–Trinajstić information content (AvgIpc) is 3.18. The number of nitriles is 1. The molecule has 0 saturated heterocycles. The summed E-state index contributed by atoms with van der Waals surface area (Å²) in [5.41, 5.74) is 4.37. The van der Waals surface area contributed by atoms with E-state index in [0.29, 0.717) is 11.4 Å². The number of hydrogen-bond acceptors (Lipinski definition) is 2. The van der Waals surface area contributed by atoms with Gasteiger partial charge in [-0.3, -0.25) is 0 Å². The highest BCUT2D eigenvalue weighted by molar-refractivity contribution is 5.92. The predicted molar refractivity (Wildman–Crippen MR) is 87.9 cm³/mol. The molecule has 0 bridgehead atoms. The third-order valence-electron chi connectivity index (χ3n) is 3.65. The fraction of sp³-hybridized carbons (Fsp3) is 0. The molecule has 2 aromatic heterocycles. The number of H-pyrrole nitrogens is 2. The molecule has 0 fully saturated rings. The summed E-state index contributed by atoms with van der Waals surface area (Å²) in [6.45, 7) is 0. The van der Waals surface area contributed by atoms with Crippen LogP contribution in [0.4, 0.5) is 0 Å². The molecule has 2 N–H and O–H groups in total. The van der Waals surface area contributed by atoms with Gasteiger partial charge in [0.1, 0.15) is 11.9 Å². The summed E-state index contributed by atoms with van der Waals surface area (Å²) in [7, 11) is 0. The smallest absolute Gasteiger partial charge is 0.149 e. The summed E-state index contributed by atoms with van der Waals surface area (Å²) in [6, 6.07) is 18.0. The molecule has 0 aliphatic carbocycles. The topological polar surface area (TPSA) is 68.3 Å². The number of para-hydroxylation sites is 2. The Morgan fingerprint density at radius 3 is 2.86 bits per heavy atom. The minimum absolute atomic E-state index is 0.520. The Hall–Kier alpha value is -3.32. The molecule has 0 aliphatic rings. The minimum Gasteiger partial charge on any atom is -0.361 e. The maximum Gasteiger partial charge on any atom is 0.149 e. The number of nitrogens with zero attached hydrogens (tertiary/aromatic N) is 2. The van der Waals surface area contributed by atoms with Crippen molar-refractivity contribution < 1.29 is 0 Å². The first-order chi connectivity index (χ1) is 10.8. The van der Waals surface area contributed by atoms with Crippen LogP contribution in [0.15, 0.2) is 54.7 Å². The van der Waals surface area contributed by atoms with Crippen molar-refractivity contribution in [1.29, 1.82) is 5.26 Å². The second-order valence-corrected chi connectivity index (χ2v) is 5.10. The van der Waals surface area contributed by atoms with Crippen LogP contribution in [-0.2, 0) is 0 Å². The van der Waals surface area contributed by atoms with Gasteiger partial charge in [0.05, 0.1) is 16.6 Å². The predicted octanol–water partition coefficient (Wildman–Crippen LogP) is 4.11. The van der Waals surface area contributed by atoms with Crippen molar-refractivity contribution in [2.45, 2.75) is 0 Å². The molecule has 0 radical (unpaired) electrons. The largest absolute Gasteiger partial charge is 0.361 e. The summed E-state index contributed by atoms with van der Waals surface area (Å²) in [4.78, 5) is 10.8. The molecule has 22 heavy (non-hydrogen) atoms. The van der Waals surface area contributed by atoms with E-state index in [0.717, 1.165) is 27.5 Å². The Kier molecular flexibility index (Phi) is 2.77. The third-order valence-corrected chi connectivity index (χ3v) is 3.65. The van der Waals surface area contributed by atoms with Crippen molar-refractivity contribution in [2.24, 2.45) is 0 Å². The van der Waals surface area contributed by atoms with Gasteiger partial charge in [0, 0.05) is 11.7 Å². The number of aromatic amines is 2. The minimum atomic E-state index is 0.520. The molecule has 4 aromatic rings. The molecule has 4 heteroatoms. The Bertz CT molecular complexity index is 1010. The average molecular weight is 284 g/mol. The molecule has 0 aliphatic heterocycles. The highest BCUT2D eigenvalue weighted by Gasteiger charge is 2.07. The molecule has 0 amide bonds. The normalized spacial score (nSPS) is 11.9. The summed E-state index contributed by atoms with van der Waals surface area (Å²) < 4.78 is 0. The first-order valence-electron chi connectivity index (χ1n) is 6.97. The lowest BCUT2D eigenvalue weighted by atomic mass is 10.1. The van der Waals surface area contributed by atoms with Crippen LogP contribution in [0.25, 0.3) is 33.6 Å². The number of allylic oxidation sites excluding steroid dienone is 1. The van der Waals surface area contributed by atoms with Gasteiger partial charge in [-0.15, -0.1) is 0 Å². The molecular weight excluding hydrogens is 272 g/mol. The summed E-state index contributed by atoms with van der Waals surface area (Å²) in [5, 5.41) is 10.6. The van der Waals surface area contributed by atoms with Crippen molar-refractivity contribution >= 4 is 33.6 Å². The van der Waals surface area contributed by atoms with E-state index < -0.39 is 0 Å². The lowest BCUT2D eigenvalue weighted by Gasteiger charge is -1.97. The first kappa shape index (κ1) is 12.4. The van der Waals surface area contributed by atoms with E-state index in [1.807, 2.05) is 60.8 Å². The van der Waals surface area contributed by atoms with E-state index in [1.54, 1.807) is 0 Å². The Labute approximate surface area is 126 Å². The van der Waals surface area contributed by atoms with Crippen molar-refractivity contribution in [2.75, 3.05) is 0 Å². The molecular formula is C18H12N4. The van der Waals surface area contributed by atoms with Crippen molar-refractivity contribution in [1.82, 2.24) is 15.0 Å². The van der Waals surface area contributed by atoms with Crippen LogP contribution in [0, 0.1) is 11.3 Å². The highest BCUT2D eigenvalue weighted by Crippen LogP contribution is 2.21. The fourth-order valence-electron chi connectivity index (χ4n) is 2.56. The van der Waals surface area contributed by atoms with Crippen LogP contribution < -0.4 is 0 Å². The van der Waals surface area contributed by atoms with Gasteiger partial charge >= 0.3 is 0 Å². The maximum atomic E-state index is 9.45. The van der Waals surface area contributed by atoms with Crippen LogP contribution in [0.5, 0.6) is 0 Å². The first-order valence-corrected chi connectivity index (χ1v) is 6.97. The molecule has 0 spiro atoms. The highest BCUT2D eigenvalue weighted by atomic mass is 14.9. The zero-order chi connectivity index (χ0) is 14.9. The van der Waals surface area contributed by atoms with E-state index in [9.17, 15) is 5.26 Å². The Morgan fingerprint density at radius 1 is 1.09 bits per heavy atom. The SMILES string of the molecule is N#C/C(=C\c1ccc2[nH]ccc2c1)c1nc2ccccc2[nH]1. The molecule has 0 atom stereocenters. The van der Waals surface area contributed by atoms with E-state index >= 15 is 0 Å². The molecule has 104 valence electrons. The number of benzene rings is 2. The quantitative estimate of drug-likeness (QED) is 0.544. The molecule has 2 heterocycles. The van der Waals surface area contributed by atoms with Gasteiger partial charge in [-0.1, -0.05) is 18.2 Å². The summed E-state index contributed by atoms with van der Waals surface area (Å²) in [6.07, 6.45) is 3.76. The molecule has 4 nitrogen and oxygen atoms in total. The number of nitrogens with one attached hydrogen (secondary N) is 2. The van der Waals surface area contributed by atoms with Crippen LogP contribution in [0.1, 0.15) is 11.4 Å². The fourth-order valence-corrected chi connectivity index (χ4v) is 2.56. The van der Waals surface area contributed by atoms with Gasteiger partial charge in [-0.05, 0) is 47.4 Å². The van der Waals surface area contributed by atoms with E-state index in [1.165, 1.54) is 0 Å². The molecule has 0 unspecified atom stereocenters. The van der Waals surface area contributed by atoms with Crippen molar-refractivity contribution in [3.63, 3.8) is 0 Å². The number of aromatic nitrogens is 3. The summed E-state index contributed by atoms with van der Waals surface area (Å²) >= 11 is 0. The zero-order valence-electron chi connectivity index (χ0n) is 11.7. The van der Waals surface area contributed by atoms with Gasteiger partial charge in [0.15, 0.2) is 0 Å². The standard InChI is InChI=1S/C18H12N4/c19-11-14(18-21-16-3-1-2-4-17(16)22-18)10-12-5-6-15-13(9-12)7-8-20-15/h1-10,20H,(H,21,22)/b14-10+. The molecule has 4 rings (SSSR count). The zero-order valence-corrected chi connectivity index (χ0v) is 11.7. The third kappa shape index (κ3) is 2.05. The van der Waals surface area contributed by atoms with Crippen LogP contribution >= 0.6 is 0 Å². The Balaban J connectivity index is 1.81. The second-order valence-electron chi connectivity index (χ2n) is 5.10. The van der Waals surface area contributed by atoms with Gasteiger partial charge in [-0.25, -0.2) is 4.98 Å². The number of imidazole rings is 1. The maximum absolute atomic E-state index is 9.45. The van der Waals surface area contributed by atoms with Gasteiger partial charge in [0.2, 0.25) is 0 Å². The van der Waals surface area contributed by atoms with Crippen LogP contribution in [0.2, 0.25) is 0 Å². The number of fused-ring (bicyclic) bond motifs is 2. The van der Waals surface area contributed by atoms with Crippen molar-refractivity contribution in [3.8, 4) is 6.07 Å². The monoisotopic (exact) mass is 284 g/mol. The van der Waals surface area contributed by atoms with Gasteiger partial charge in [0.25, 0.3) is 0 Å². The van der Waals surface area contributed by atoms with Gasteiger partial charge < -0.3 is 9.97 Å². The van der Waals surface area contributed by atoms with E-state index in [-0.39, 0.29) is 0 Å². The van der Waals surface area contributed by atoms with E-state index in [4.69, 9.17) is 0 Å². The lowest BCUT2D eigenvalue weighted by Crippen LogP contribution is -1.85. The van der Waals surface area contributed by atoms with Crippen LogP contribution in [-0.4, -0.2) is 15.0 Å². The number of hydrogen-bond donors (Lipinski definition) is 2. The molecule has 2 aromatic carbocycles. The number of rotatable bonds is 2. The second kappa shape index (κ2) is 4.90. The molecule has 0 saturated carbocycles. The van der Waals surface area contributed by atoms with Gasteiger partial charge in [-0.2, -0.15) is 5.26 Å². The van der Waals surface area contributed by atoms with Crippen LogP contribution in [0.3, 0.4) is 0 Å². The summed E-state index contributed by atoms with van der Waals surface area (Å²) in [5.74, 6) is 0.595. The van der Waals surface area contributed by atoms with Crippen molar-refractivity contribution in [3.05, 3.63) is 66.1 Å². The lowest BCUT2D eigenvalue weighted by molar-refractivity contribution is 1.27. The Morgan fingerprint density at radius 2 is 2.00 bits per heavy atom.